The minimum absolute atomic E-state index is 0.0489. The lowest BCUT2D eigenvalue weighted by atomic mass is 9.72. The molecule has 1 aromatic carbocycles. The summed E-state index contributed by atoms with van der Waals surface area (Å²) in [5, 5.41) is 0. The zero-order valence-corrected chi connectivity index (χ0v) is 10.8. The summed E-state index contributed by atoms with van der Waals surface area (Å²) in [6.07, 6.45) is 3.31. The molecule has 17 heavy (non-hydrogen) atoms. The quantitative estimate of drug-likeness (QED) is 0.872. The molecule has 1 unspecified atom stereocenters. The topological polar surface area (TPSA) is 44.5 Å². The van der Waals surface area contributed by atoms with E-state index in [1.165, 1.54) is 12.0 Å². The largest absolute Gasteiger partial charge is 0.497 e. The Bertz CT molecular complexity index is 394. The highest BCUT2D eigenvalue weighted by Gasteiger charge is 2.43. The zero-order valence-electron chi connectivity index (χ0n) is 10.8. The second kappa shape index (κ2) is 4.67. The molecule has 1 atom stereocenters. The minimum atomic E-state index is -0.153. The van der Waals surface area contributed by atoms with Gasteiger partial charge in [0.1, 0.15) is 5.75 Å². The van der Waals surface area contributed by atoms with Gasteiger partial charge in [-0.25, -0.2) is 0 Å². The predicted molar refractivity (Wildman–Crippen MR) is 68.3 cm³/mol. The van der Waals surface area contributed by atoms with Crippen LogP contribution in [0.4, 0.5) is 0 Å². The van der Waals surface area contributed by atoms with Crippen LogP contribution < -0.4 is 10.5 Å². The number of nitrogens with two attached hydrogens (primary N) is 1. The summed E-state index contributed by atoms with van der Waals surface area (Å²) in [5.41, 5.74) is 8.55. The van der Waals surface area contributed by atoms with Crippen molar-refractivity contribution >= 4 is 0 Å². The lowest BCUT2D eigenvalue weighted by Gasteiger charge is -2.45. The lowest BCUT2D eigenvalue weighted by Crippen LogP contribution is -2.48. The molecule has 0 aromatic heterocycles. The maximum absolute atomic E-state index is 6.37. The van der Waals surface area contributed by atoms with Crippen molar-refractivity contribution in [1.29, 1.82) is 0 Å². The van der Waals surface area contributed by atoms with Gasteiger partial charge in [-0.1, -0.05) is 6.07 Å². The van der Waals surface area contributed by atoms with E-state index in [1.807, 2.05) is 12.1 Å². The minimum Gasteiger partial charge on any atom is -0.497 e. The Hall–Kier alpha value is -1.06. The summed E-state index contributed by atoms with van der Waals surface area (Å²) >= 11 is 0. The average Bonchev–Trinajstić information content (AvgIpc) is 2.28. The second-order valence-corrected chi connectivity index (χ2v) is 4.82. The van der Waals surface area contributed by atoms with Crippen molar-refractivity contribution < 1.29 is 9.47 Å². The van der Waals surface area contributed by atoms with Crippen LogP contribution in [0, 0.1) is 6.92 Å². The van der Waals surface area contributed by atoms with E-state index in [-0.39, 0.29) is 11.6 Å². The molecule has 3 heteroatoms. The summed E-state index contributed by atoms with van der Waals surface area (Å²) in [4.78, 5) is 0. The standard InChI is InChI=1S/C14H21NO2/c1-10-9-11(16-2)5-6-12(10)13(15)14(17-3)7-4-8-14/h5-6,9,13H,4,7-8,15H2,1-3H3. The molecule has 1 fully saturated rings. The molecule has 1 saturated carbocycles. The van der Waals surface area contributed by atoms with Crippen LogP contribution in [0.1, 0.15) is 36.4 Å². The van der Waals surface area contributed by atoms with Gasteiger partial charge in [-0.15, -0.1) is 0 Å². The van der Waals surface area contributed by atoms with E-state index in [1.54, 1.807) is 14.2 Å². The molecule has 1 aromatic rings. The Morgan fingerprint density at radius 1 is 1.29 bits per heavy atom. The number of benzene rings is 1. The molecule has 0 radical (unpaired) electrons. The fraction of sp³-hybridized carbons (Fsp3) is 0.571. The van der Waals surface area contributed by atoms with Crippen LogP contribution in [0.25, 0.3) is 0 Å². The SMILES string of the molecule is COc1ccc(C(N)C2(OC)CCC2)c(C)c1. The third-order valence-corrected chi connectivity index (χ3v) is 3.99. The maximum atomic E-state index is 6.37. The molecule has 0 spiro atoms. The molecule has 0 saturated heterocycles. The number of ether oxygens (including phenoxy) is 2. The first-order valence-electron chi connectivity index (χ1n) is 6.08. The van der Waals surface area contributed by atoms with E-state index in [9.17, 15) is 0 Å². The first kappa shape index (κ1) is 12.4. The van der Waals surface area contributed by atoms with Crippen molar-refractivity contribution in [1.82, 2.24) is 0 Å². The summed E-state index contributed by atoms with van der Waals surface area (Å²) in [7, 11) is 3.44. The fourth-order valence-electron chi connectivity index (χ4n) is 2.57. The Morgan fingerprint density at radius 3 is 2.41 bits per heavy atom. The van der Waals surface area contributed by atoms with Crippen molar-refractivity contribution in [2.24, 2.45) is 5.73 Å². The van der Waals surface area contributed by atoms with E-state index in [0.29, 0.717) is 0 Å². The second-order valence-electron chi connectivity index (χ2n) is 4.82. The van der Waals surface area contributed by atoms with Crippen LogP contribution in [0.5, 0.6) is 5.75 Å². The lowest BCUT2D eigenvalue weighted by molar-refractivity contribution is -0.0912. The van der Waals surface area contributed by atoms with Crippen LogP contribution in [0.3, 0.4) is 0 Å². The van der Waals surface area contributed by atoms with Crippen LogP contribution in [0.2, 0.25) is 0 Å². The highest BCUT2D eigenvalue weighted by molar-refractivity contribution is 5.38. The van der Waals surface area contributed by atoms with Crippen LogP contribution in [0.15, 0.2) is 18.2 Å². The van der Waals surface area contributed by atoms with E-state index in [0.717, 1.165) is 24.2 Å². The predicted octanol–water partition coefficient (Wildman–Crippen LogP) is 2.57. The summed E-state index contributed by atoms with van der Waals surface area (Å²) in [5.74, 6) is 0.874. The summed E-state index contributed by atoms with van der Waals surface area (Å²) in [6.45, 7) is 2.07. The van der Waals surface area contributed by atoms with Crippen molar-refractivity contribution in [3.8, 4) is 5.75 Å². The van der Waals surface area contributed by atoms with E-state index >= 15 is 0 Å². The normalized spacial score (nSPS) is 19.5. The average molecular weight is 235 g/mol. The van der Waals surface area contributed by atoms with Crippen molar-refractivity contribution in [3.05, 3.63) is 29.3 Å². The molecule has 1 aliphatic carbocycles. The van der Waals surface area contributed by atoms with Gasteiger partial charge in [-0.2, -0.15) is 0 Å². The molecular weight excluding hydrogens is 214 g/mol. The molecule has 3 nitrogen and oxygen atoms in total. The molecule has 2 rings (SSSR count). The molecule has 0 heterocycles. The molecule has 0 aliphatic heterocycles. The zero-order chi connectivity index (χ0) is 12.5. The summed E-state index contributed by atoms with van der Waals surface area (Å²) in [6, 6.07) is 5.99. The Morgan fingerprint density at radius 2 is 2.00 bits per heavy atom. The first-order valence-corrected chi connectivity index (χ1v) is 6.08. The molecule has 1 aliphatic rings. The third kappa shape index (κ3) is 2.05. The van der Waals surface area contributed by atoms with E-state index in [2.05, 4.69) is 13.0 Å². The maximum Gasteiger partial charge on any atom is 0.119 e. The van der Waals surface area contributed by atoms with Crippen molar-refractivity contribution in [2.45, 2.75) is 37.8 Å². The highest BCUT2D eigenvalue weighted by atomic mass is 16.5. The Labute approximate surface area is 103 Å². The Balaban J connectivity index is 2.27. The number of methoxy groups -OCH3 is 2. The first-order chi connectivity index (χ1) is 8.13. The summed E-state index contributed by atoms with van der Waals surface area (Å²) < 4.78 is 10.9. The van der Waals surface area contributed by atoms with Gasteiger partial charge in [0.2, 0.25) is 0 Å². The van der Waals surface area contributed by atoms with Crippen LogP contribution >= 0.6 is 0 Å². The third-order valence-electron chi connectivity index (χ3n) is 3.99. The number of hydrogen-bond donors (Lipinski definition) is 1. The number of hydrogen-bond acceptors (Lipinski definition) is 3. The van der Waals surface area contributed by atoms with Crippen molar-refractivity contribution in [2.75, 3.05) is 14.2 Å². The van der Waals surface area contributed by atoms with Crippen LogP contribution in [-0.2, 0) is 4.74 Å². The Kier molecular flexibility index (Phi) is 3.40. The fourth-order valence-corrected chi connectivity index (χ4v) is 2.57. The van der Waals surface area contributed by atoms with E-state index in [4.69, 9.17) is 15.2 Å². The van der Waals surface area contributed by atoms with Gasteiger partial charge in [-0.05, 0) is 49.4 Å². The van der Waals surface area contributed by atoms with Gasteiger partial charge in [0.25, 0.3) is 0 Å². The molecule has 94 valence electrons. The molecule has 2 N–H and O–H groups in total. The van der Waals surface area contributed by atoms with E-state index < -0.39 is 0 Å². The number of aryl methyl sites for hydroxylation is 1. The number of rotatable bonds is 4. The van der Waals surface area contributed by atoms with Gasteiger partial charge in [0, 0.05) is 7.11 Å². The van der Waals surface area contributed by atoms with Gasteiger partial charge >= 0.3 is 0 Å². The van der Waals surface area contributed by atoms with Gasteiger partial charge in [-0.3, -0.25) is 0 Å². The molecule has 0 bridgehead atoms. The molecule has 0 amide bonds. The molecular formula is C14H21NO2. The van der Waals surface area contributed by atoms with Gasteiger partial charge in [0.05, 0.1) is 18.8 Å². The van der Waals surface area contributed by atoms with Gasteiger partial charge in [0.15, 0.2) is 0 Å². The van der Waals surface area contributed by atoms with Crippen LogP contribution in [-0.4, -0.2) is 19.8 Å². The monoisotopic (exact) mass is 235 g/mol. The van der Waals surface area contributed by atoms with Gasteiger partial charge < -0.3 is 15.2 Å². The van der Waals surface area contributed by atoms with Crippen molar-refractivity contribution in [3.63, 3.8) is 0 Å². The highest BCUT2D eigenvalue weighted by Crippen LogP contribution is 2.44. The smallest absolute Gasteiger partial charge is 0.119 e.